The van der Waals surface area contributed by atoms with E-state index in [9.17, 15) is 9.59 Å². The fourth-order valence-corrected chi connectivity index (χ4v) is 3.03. The number of aryl methyl sites for hydroxylation is 1. The van der Waals surface area contributed by atoms with Gasteiger partial charge in [-0.25, -0.2) is 10.5 Å². The lowest BCUT2D eigenvalue weighted by Crippen LogP contribution is -2.28. The van der Waals surface area contributed by atoms with Crippen LogP contribution in [-0.2, 0) is 11.9 Å². The van der Waals surface area contributed by atoms with Crippen molar-refractivity contribution < 1.29 is 19.2 Å². The standard InChI is InChI=1S/C20H22N8O4/c1-28-10-21-18(26-28)12-5-4-6-13(17(12)31-2)23-14-9-15(19(29)22-11-7-8-11)24-25-16(14)20(30)27-32-3/h4-6,9-11H,7-8H2,1-3H3,(H,22,29)(H,23,24)(H,27,30). The van der Waals surface area contributed by atoms with E-state index in [1.165, 1.54) is 20.3 Å². The highest BCUT2D eigenvalue weighted by molar-refractivity contribution is 6.00. The van der Waals surface area contributed by atoms with Crippen LogP contribution in [-0.4, -0.2) is 57.0 Å². The third-order valence-corrected chi connectivity index (χ3v) is 4.68. The second kappa shape index (κ2) is 8.98. The first kappa shape index (κ1) is 21.2. The van der Waals surface area contributed by atoms with Crippen LogP contribution in [0.4, 0.5) is 11.4 Å². The molecule has 2 aromatic heterocycles. The van der Waals surface area contributed by atoms with Crippen LogP contribution in [0.5, 0.6) is 5.75 Å². The number of amides is 2. The van der Waals surface area contributed by atoms with Crippen LogP contribution in [0.1, 0.15) is 33.8 Å². The number of rotatable bonds is 8. The number of hydrogen-bond donors (Lipinski definition) is 3. The van der Waals surface area contributed by atoms with Crippen LogP contribution in [0, 0.1) is 0 Å². The summed E-state index contributed by atoms with van der Waals surface area (Å²) in [5.41, 5.74) is 3.65. The van der Waals surface area contributed by atoms with E-state index >= 15 is 0 Å². The molecule has 1 aromatic carbocycles. The van der Waals surface area contributed by atoms with Crippen LogP contribution in [0.3, 0.4) is 0 Å². The summed E-state index contributed by atoms with van der Waals surface area (Å²) < 4.78 is 7.19. The SMILES string of the molecule is CONC(=O)c1nnc(C(=O)NC2CC2)cc1Nc1cccc(-c2ncn(C)n2)c1OC. The summed E-state index contributed by atoms with van der Waals surface area (Å²) >= 11 is 0. The van der Waals surface area contributed by atoms with Gasteiger partial charge in [0, 0.05) is 13.1 Å². The van der Waals surface area contributed by atoms with Gasteiger partial charge in [0.05, 0.1) is 31.2 Å². The van der Waals surface area contributed by atoms with Gasteiger partial charge < -0.3 is 15.4 Å². The zero-order valence-electron chi connectivity index (χ0n) is 17.7. The van der Waals surface area contributed by atoms with Crippen molar-refractivity contribution in [1.82, 2.24) is 35.8 Å². The molecule has 0 bridgehead atoms. The molecule has 0 radical (unpaired) electrons. The molecule has 0 unspecified atom stereocenters. The lowest BCUT2D eigenvalue weighted by atomic mass is 10.1. The van der Waals surface area contributed by atoms with Gasteiger partial charge in [-0.05, 0) is 31.0 Å². The number of nitrogens with one attached hydrogen (secondary N) is 3. The average molecular weight is 438 g/mol. The van der Waals surface area contributed by atoms with Crippen molar-refractivity contribution in [2.45, 2.75) is 18.9 Å². The smallest absolute Gasteiger partial charge is 0.297 e. The topological polar surface area (TPSA) is 145 Å². The van der Waals surface area contributed by atoms with E-state index in [0.29, 0.717) is 22.8 Å². The Morgan fingerprint density at radius 3 is 2.59 bits per heavy atom. The molecule has 0 spiro atoms. The highest BCUT2D eigenvalue weighted by atomic mass is 16.6. The fraction of sp³-hybridized carbons (Fsp3) is 0.300. The van der Waals surface area contributed by atoms with Crippen LogP contribution in [0.25, 0.3) is 11.4 Å². The highest BCUT2D eigenvalue weighted by Gasteiger charge is 2.26. The molecule has 12 heteroatoms. The summed E-state index contributed by atoms with van der Waals surface area (Å²) in [7, 11) is 4.59. The van der Waals surface area contributed by atoms with Crippen LogP contribution in [0.15, 0.2) is 30.6 Å². The average Bonchev–Trinajstić information content (AvgIpc) is 3.50. The molecule has 0 atom stereocenters. The molecular formula is C20H22N8O4. The second-order valence-corrected chi connectivity index (χ2v) is 7.13. The Bertz CT molecular complexity index is 1160. The first-order valence-electron chi connectivity index (χ1n) is 9.82. The number of carbonyl (C=O) groups excluding carboxylic acids is 2. The number of benzene rings is 1. The Balaban J connectivity index is 1.73. The normalized spacial score (nSPS) is 12.8. The Labute approximate surface area is 183 Å². The molecular weight excluding hydrogens is 416 g/mol. The summed E-state index contributed by atoms with van der Waals surface area (Å²) in [6, 6.07) is 6.98. The first-order valence-corrected chi connectivity index (χ1v) is 9.82. The van der Waals surface area contributed by atoms with Crippen LogP contribution in [0.2, 0.25) is 0 Å². The minimum atomic E-state index is -0.627. The monoisotopic (exact) mass is 438 g/mol. The van der Waals surface area contributed by atoms with Gasteiger partial charge in [0.1, 0.15) is 6.33 Å². The molecule has 166 valence electrons. The Morgan fingerprint density at radius 1 is 1.12 bits per heavy atom. The van der Waals surface area contributed by atoms with Gasteiger partial charge in [0.25, 0.3) is 11.8 Å². The summed E-state index contributed by atoms with van der Waals surface area (Å²) in [5.74, 6) is -0.0568. The number of anilines is 2. The third kappa shape index (κ3) is 4.49. The number of carbonyl (C=O) groups is 2. The van der Waals surface area contributed by atoms with Gasteiger partial charge in [0.2, 0.25) is 0 Å². The molecule has 0 saturated heterocycles. The van der Waals surface area contributed by atoms with E-state index in [4.69, 9.17) is 9.57 Å². The van der Waals surface area contributed by atoms with Crippen molar-refractivity contribution in [2.75, 3.05) is 19.5 Å². The van der Waals surface area contributed by atoms with Crippen molar-refractivity contribution in [3.63, 3.8) is 0 Å². The zero-order valence-corrected chi connectivity index (χ0v) is 17.7. The molecule has 3 aromatic rings. The summed E-state index contributed by atoms with van der Waals surface area (Å²) in [6.07, 6.45) is 3.45. The van der Waals surface area contributed by atoms with Crippen LogP contribution < -0.4 is 20.9 Å². The highest BCUT2D eigenvalue weighted by Crippen LogP contribution is 2.36. The van der Waals surface area contributed by atoms with Crippen molar-refractivity contribution in [3.8, 4) is 17.1 Å². The number of para-hydroxylation sites is 1. The van der Waals surface area contributed by atoms with Gasteiger partial charge in [0.15, 0.2) is 23.0 Å². The predicted octanol–water partition coefficient (Wildman–Crippen LogP) is 1.21. The van der Waals surface area contributed by atoms with Gasteiger partial charge in [-0.1, -0.05) is 6.07 Å². The fourth-order valence-electron chi connectivity index (χ4n) is 3.03. The zero-order chi connectivity index (χ0) is 22.7. The molecule has 1 aliphatic carbocycles. The lowest BCUT2D eigenvalue weighted by Gasteiger charge is -2.16. The number of methoxy groups -OCH3 is 1. The van der Waals surface area contributed by atoms with Gasteiger partial charge in [-0.3, -0.25) is 19.1 Å². The number of hydroxylamine groups is 1. The predicted molar refractivity (Wildman–Crippen MR) is 113 cm³/mol. The van der Waals surface area contributed by atoms with Crippen molar-refractivity contribution in [1.29, 1.82) is 0 Å². The van der Waals surface area contributed by atoms with E-state index in [1.54, 1.807) is 30.2 Å². The van der Waals surface area contributed by atoms with Crippen LogP contribution >= 0.6 is 0 Å². The van der Waals surface area contributed by atoms with Gasteiger partial charge >= 0.3 is 0 Å². The second-order valence-electron chi connectivity index (χ2n) is 7.13. The van der Waals surface area contributed by atoms with Gasteiger partial charge in [-0.2, -0.15) is 5.10 Å². The maximum absolute atomic E-state index is 12.5. The molecule has 1 fully saturated rings. The Kier molecular flexibility index (Phi) is 5.94. The molecule has 32 heavy (non-hydrogen) atoms. The minimum absolute atomic E-state index is 0.0572. The van der Waals surface area contributed by atoms with E-state index in [1.807, 2.05) is 6.07 Å². The van der Waals surface area contributed by atoms with Crippen molar-refractivity contribution in [3.05, 3.63) is 42.0 Å². The molecule has 2 amide bonds. The van der Waals surface area contributed by atoms with Crippen molar-refractivity contribution in [2.24, 2.45) is 7.05 Å². The van der Waals surface area contributed by atoms with E-state index < -0.39 is 5.91 Å². The quantitative estimate of drug-likeness (QED) is 0.442. The van der Waals surface area contributed by atoms with E-state index in [-0.39, 0.29) is 29.0 Å². The first-order chi connectivity index (χ1) is 15.5. The maximum atomic E-state index is 12.5. The number of nitrogens with zero attached hydrogens (tertiary/aromatic N) is 5. The summed E-state index contributed by atoms with van der Waals surface area (Å²) in [5, 5.41) is 18.1. The molecule has 2 heterocycles. The lowest BCUT2D eigenvalue weighted by molar-refractivity contribution is 0.0532. The summed E-state index contributed by atoms with van der Waals surface area (Å²) in [4.78, 5) is 33.9. The van der Waals surface area contributed by atoms with Crippen molar-refractivity contribution >= 4 is 23.2 Å². The third-order valence-electron chi connectivity index (χ3n) is 4.68. The largest absolute Gasteiger partial charge is 0.494 e. The Morgan fingerprint density at radius 2 is 1.94 bits per heavy atom. The molecule has 3 N–H and O–H groups in total. The summed E-state index contributed by atoms with van der Waals surface area (Å²) in [6.45, 7) is 0. The number of aromatic nitrogens is 5. The number of hydrogen-bond acceptors (Lipinski definition) is 9. The number of ether oxygens (including phenoxy) is 1. The minimum Gasteiger partial charge on any atom is -0.494 e. The Hall–Kier alpha value is -4.06. The van der Waals surface area contributed by atoms with Gasteiger partial charge in [-0.15, -0.1) is 10.2 Å². The van der Waals surface area contributed by atoms with E-state index in [2.05, 4.69) is 36.4 Å². The van der Waals surface area contributed by atoms with E-state index in [0.717, 1.165) is 12.8 Å². The molecule has 1 aliphatic rings. The molecule has 12 nitrogen and oxygen atoms in total. The molecule has 0 aliphatic heterocycles. The maximum Gasteiger partial charge on any atom is 0.297 e. The molecule has 1 saturated carbocycles. The molecule has 4 rings (SSSR count).